The zero-order valence-corrected chi connectivity index (χ0v) is 18.5. The number of halogens is 1. The zero-order chi connectivity index (χ0) is 23.1. The second kappa shape index (κ2) is 8.13. The Hall–Kier alpha value is -4.49. The highest BCUT2D eigenvalue weighted by Gasteiger charge is 2.19. The maximum absolute atomic E-state index is 13.7. The highest BCUT2D eigenvalue weighted by Crippen LogP contribution is 2.25. The molecule has 0 aliphatic heterocycles. The molecule has 3 heterocycles. The van der Waals surface area contributed by atoms with Gasteiger partial charge in [0.25, 0.3) is 5.56 Å². The van der Waals surface area contributed by atoms with Gasteiger partial charge in [0.1, 0.15) is 12.2 Å². The van der Waals surface area contributed by atoms with Gasteiger partial charge in [-0.2, -0.15) is 0 Å². The summed E-state index contributed by atoms with van der Waals surface area (Å²) in [5.41, 5.74) is 3.81. The van der Waals surface area contributed by atoms with E-state index in [4.69, 9.17) is 16.6 Å². The van der Waals surface area contributed by atoms with Gasteiger partial charge in [-0.15, -0.1) is 0 Å². The Kier molecular flexibility index (Phi) is 4.82. The van der Waals surface area contributed by atoms with Crippen molar-refractivity contribution in [1.29, 1.82) is 0 Å². The molecule has 0 aliphatic rings. The maximum atomic E-state index is 13.7. The number of hydrogen-bond donors (Lipinski definition) is 0. The molecule has 0 fully saturated rings. The van der Waals surface area contributed by atoms with Crippen molar-refractivity contribution >= 4 is 22.8 Å². The summed E-state index contributed by atoms with van der Waals surface area (Å²) >= 11 is 6.10. The van der Waals surface area contributed by atoms with Gasteiger partial charge in [0, 0.05) is 34.4 Å². The maximum Gasteiger partial charge on any atom is 0.286 e. The number of hydrogen-bond acceptors (Lipinski definition) is 4. The summed E-state index contributed by atoms with van der Waals surface area (Å²) in [6.45, 7) is 0. The molecule has 3 aromatic carbocycles. The number of rotatable bonds is 4. The van der Waals surface area contributed by atoms with Crippen LogP contribution in [0.5, 0.6) is 0 Å². The van der Waals surface area contributed by atoms with Crippen LogP contribution in [0.1, 0.15) is 0 Å². The molecule has 0 N–H and O–H groups in total. The summed E-state index contributed by atoms with van der Waals surface area (Å²) in [5.74, 6) is 0.509. The average molecular weight is 465 g/mol. The van der Waals surface area contributed by atoms with Crippen molar-refractivity contribution < 1.29 is 0 Å². The third-order valence-electron chi connectivity index (χ3n) is 5.62. The van der Waals surface area contributed by atoms with E-state index in [1.165, 1.54) is 0 Å². The minimum atomic E-state index is -0.254. The third-order valence-corrected chi connectivity index (χ3v) is 5.87. The monoisotopic (exact) mass is 464 g/mol. The summed E-state index contributed by atoms with van der Waals surface area (Å²) in [4.78, 5) is 27.2. The quantitative estimate of drug-likeness (QED) is 0.365. The molecule has 0 atom stereocenters. The predicted molar refractivity (Wildman–Crippen MR) is 132 cm³/mol. The fourth-order valence-corrected chi connectivity index (χ4v) is 4.07. The first-order valence-electron chi connectivity index (χ1n) is 10.6. The van der Waals surface area contributed by atoms with Gasteiger partial charge in [-0.25, -0.2) is 15.0 Å². The van der Waals surface area contributed by atoms with Crippen LogP contribution in [0.25, 0.3) is 39.6 Å². The van der Waals surface area contributed by atoms with Crippen molar-refractivity contribution in [1.82, 2.24) is 28.7 Å². The summed E-state index contributed by atoms with van der Waals surface area (Å²) < 4.78 is 5.32. The van der Waals surface area contributed by atoms with E-state index >= 15 is 0 Å². The van der Waals surface area contributed by atoms with Crippen LogP contribution in [-0.2, 0) is 0 Å². The van der Waals surface area contributed by atoms with Gasteiger partial charge in [0.05, 0.1) is 12.0 Å². The number of para-hydroxylation sites is 1. The molecule has 3 aromatic heterocycles. The van der Waals surface area contributed by atoms with E-state index in [2.05, 4.69) is 9.97 Å². The minimum absolute atomic E-state index is 0.254. The van der Waals surface area contributed by atoms with Crippen molar-refractivity contribution in [3.05, 3.63) is 119 Å². The molecular weight excluding hydrogens is 448 g/mol. The van der Waals surface area contributed by atoms with E-state index in [0.29, 0.717) is 22.2 Å². The molecule has 164 valence electrons. The smallest absolute Gasteiger partial charge is 0.286 e. The van der Waals surface area contributed by atoms with Crippen LogP contribution < -0.4 is 5.56 Å². The summed E-state index contributed by atoms with van der Waals surface area (Å²) in [6, 6.07) is 24.6. The molecule has 8 heteroatoms. The first-order chi connectivity index (χ1) is 16.7. The van der Waals surface area contributed by atoms with Crippen LogP contribution in [-0.4, -0.2) is 28.7 Å². The van der Waals surface area contributed by atoms with E-state index in [1.807, 2.05) is 69.9 Å². The van der Waals surface area contributed by atoms with Crippen molar-refractivity contribution in [3.8, 4) is 28.5 Å². The summed E-state index contributed by atoms with van der Waals surface area (Å²) in [5, 5.41) is 0.588. The second-order valence-electron chi connectivity index (χ2n) is 7.69. The number of benzene rings is 3. The van der Waals surface area contributed by atoms with Crippen LogP contribution in [0.2, 0.25) is 5.02 Å². The summed E-state index contributed by atoms with van der Waals surface area (Å²) in [7, 11) is 0. The average Bonchev–Trinajstić information content (AvgIpc) is 3.56. The first-order valence-corrected chi connectivity index (χ1v) is 11.0. The molecule has 0 saturated carbocycles. The Morgan fingerprint density at radius 2 is 1.50 bits per heavy atom. The molecule has 6 aromatic rings. The lowest BCUT2D eigenvalue weighted by Gasteiger charge is -2.14. The third kappa shape index (κ3) is 3.39. The standard InChI is InChI=1S/C26H17ClN6O/c27-19-8-12-22(13-9-19)33-24(18-6-10-20(11-7-18)31-15-14-28-16-31)30-25-23(26(33)34)29-17-32(25)21-4-2-1-3-5-21/h1-17H. The molecule has 0 amide bonds. The Labute approximate surface area is 199 Å². The highest BCUT2D eigenvalue weighted by atomic mass is 35.5. The second-order valence-corrected chi connectivity index (χ2v) is 8.13. The lowest BCUT2D eigenvalue weighted by atomic mass is 10.1. The predicted octanol–water partition coefficient (Wildman–Crippen LogP) is 5.08. The molecule has 0 aliphatic carbocycles. The lowest BCUT2D eigenvalue weighted by Crippen LogP contribution is -2.22. The van der Waals surface area contributed by atoms with Gasteiger partial charge in [-0.1, -0.05) is 29.8 Å². The SMILES string of the molecule is O=c1c2ncn(-c3ccccc3)c2nc(-c2ccc(-n3ccnc3)cc2)n1-c1ccc(Cl)cc1. The fraction of sp³-hybridized carbons (Fsp3) is 0. The van der Waals surface area contributed by atoms with Crippen molar-refractivity contribution in [2.75, 3.05) is 0 Å². The van der Waals surface area contributed by atoms with Crippen LogP contribution in [0.15, 0.2) is 109 Å². The van der Waals surface area contributed by atoms with Crippen LogP contribution in [0.4, 0.5) is 0 Å². The van der Waals surface area contributed by atoms with E-state index < -0.39 is 0 Å². The van der Waals surface area contributed by atoms with E-state index in [1.54, 1.807) is 47.7 Å². The zero-order valence-electron chi connectivity index (χ0n) is 17.8. The molecule has 6 rings (SSSR count). The van der Waals surface area contributed by atoms with Gasteiger partial charge in [-0.05, 0) is 60.7 Å². The molecule has 0 bridgehead atoms. The number of imidazole rings is 2. The molecule has 7 nitrogen and oxygen atoms in total. The van der Waals surface area contributed by atoms with Gasteiger partial charge in [0.2, 0.25) is 0 Å². The van der Waals surface area contributed by atoms with E-state index in [-0.39, 0.29) is 11.1 Å². The Balaban J connectivity index is 1.61. The van der Waals surface area contributed by atoms with Crippen molar-refractivity contribution in [3.63, 3.8) is 0 Å². The van der Waals surface area contributed by atoms with Crippen LogP contribution >= 0.6 is 11.6 Å². The van der Waals surface area contributed by atoms with Gasteiger partial charge in [-0.3, -0.25) is 13.9 Å². The van der Waals surface area contributed by atoms with Gasteiger partial charge < -0.3 is 4.57 Å². The number of nitrogens with zero attached hydrogens (tertiary/aromatic N) is 6. The molecule has 34 heavy (non-hydrogen) atoms. The molecule has 0 spiro atoms. The normalized spacial score (nSPS) is 11.2. The fourth-order valence-electron chi connectivity index (χ4n) is 3.95. The first kappa shape index (κ1) is 20.1. The van der Waals surface area contributed by atoms with Crippen LogP contribution in [0, 0.1) is 0 Å². The largest absolute Gasteiger partial charge is 0.306 e. The lowest BCUT2D eigenvalue weighted by molar-refractivity contribution is 0.961. The van der Waals surface area contributed by atoms with Crippen molar-refractivity contribution in [2.45, 2.75) is 0 Å². The molecule has 0 saturated heterocycles. The minimum Gasteiger partial charge on any atom is -0.306 e. The van der Waals surface area contributed by atoms with Crippen molar-refractivity contribution in [2.24, 2.45) is 0 Å². The number of aromatic nitrogens is 6. The molecular formula is C26H17ClN6O. The van der Waals surface area contributed by atoms with Crippen LogP contribution in [0.3, 0.4) is 0 Å². The van der Waals surface area contributed by atoms with Gasteiger partial charge >= 0.3 is 0 Å². The highest BCUT2D eigenvalue weighted by molar-refractivity contribution is 6.30. The van der Waals surface area contributed by atoms with Gasteiger partial charge in [0.15, 0.2) is 11.2 Å². The Morgan fingerprint density at radius 1 is 0.765 bits per heavy atom. The topological polar surface area (TPSA) is 70.5 Å². The van der Waals surface area contributed by atoms with E-state index in [0.717, 1.165) is 16.9 Å². The number of fused-ring (bicyclic) bond motifs is 1. The molecule has 0 radical (unpaired) electrons. The van der Waals surface area contributed by atoms with E-state index in [9.17, 15) is 4.79 Å². The Bertz CT molecular complexity index is 1650. The molecule has 0 unspecified atom stereocenters. The Morgan fingerprint density at radius 3 is 2.21 bits per heavy atom. The summed E-state index contributed by atoms with van der Waals surface area (Å²) in [6.07, 6.45) is 6.97.